The maximum atomic E-state index is 11.6. The van der Waals surface area contributed by atoms with E-state index in [4.69, 9.17) is 16.0 Å². The molecule has 5 heteroatoms. The molecule has 0 bridgehead atoms. The van der Waals surface area contributed by atoms with E-state index in [0.717, 1.165) is 5.69 Å². The standard InChI is InChI=1S/C11H9ClN2O2/c12-10-9(4-6-16-10)11(15)14-7-8-3-1-2-5-13-8/h1-6H,7H2,(H,14,15). The van der Waals surface area contributed by atoms with Crippen molar-refractivity contribution in [1.29, 1.82) is 0 Å². The van der Waals surface area contributed by atoms with Crippen molar-refractivity contribution < 1.29 is 9.21 Å². The molecule has 0 atom stereocenters. The van der Waals surface area contributed by atoms with Crippen molar-refractivity contribution in [1.82, 2.24) is 10.3 Å². The fourth-order valence-electron chi connectivity index (χ4n) is 1.22. The number of rotatable bonds is 3. The van der Waals surface area contributed by atoms with Gasteiger partial charge >= 0.3 is 0 Å². The van der Waals surface area contributed by atoms with Crippen LogP contribution in [0.4, 0.5) is 0 Å². The van der Waals surface area contributed by atoms with E-state index in [1.54, 1.807) is 6.20 Å². The SMILES string of the molecule is O=C(NCc1ccccn1)c1ccoc1Cl. The zero-order chi connectivity index (χ0) is 11.4. The van der Waals surface area contributed by atoms with E-state index < -0.39 is 0 Å². The number of aromatic nitrogens is 1. The Labute approximate surface area is 97.2 Å². The highest BCUT2D eigenvalue weighted by Crippen LogP contribution is 2.16. The van der Waals surface area contributed by atoms with Crippen molar-refractivity contribution in [2.45, 2.75) is 6.54 Å². The highest BCUT2D eigenvalue weighted by atomic mass is 35.5. The molecule has 0 unspecified atom stereocenters. The van der Waals surface area contributed by atoms with Crippen LogP contribution in [0.25, 0.3) is 0 Å². The second-order valence-corrected chi connectivity index (χ2v) is 3.46. The molecular formula is C11H9ClN2O2. The predicted molar refractivity (Wildman–Crippen MR) is 59.1 cm³/mol. The highest BCUT2D eigenvalue weighted by Gasteiger charge is 2.12. The third kappa shape index (κ3) is 2.41. The fraction of sp³-hybridized carbons (Fsp3) is 0.0909. The van der Waals surface area contributed by atoms with Gasteiger partial charge in [0, 0.05) is 6.20 Å². The van der Waals surface area contributed by atoms with Crippen LogP contribution in [-0.4, -0.2) is 10.9 Å². The Balaban J connectivity index is 1.97. The second-order valence-electron chi connectivity index (χ2n) is 3.11. The maximum absolute atomic E-state index is 11.6. The summed E-state index contributed by atoms with van der Waals surface area (Å²) in [6.07, 6.45) is 3.05. The summed E-state index contributed by atoms with van der Waals surface area (Å²) in [6.45, 7) is 0.362. The van der Waals surface area contributed by atoms with E-state index in [-0.39, 0.29) is 11.1 Å². The van der Waals surface area contributed by atoms with Gasteiger partial charge < -0.3 is 9.73 Å². The molecule has 1 N–H and O–H groups in total. The molecule has 0 spiro atoms. The quantitative estimate of drug-likeness (QED) is 0.889. The van der Waals surface area contributed by atoms with Crippen molar-refractivity contribution in [3.8, 4) is 0 Å². The number of amides is 1. The summed E-state index contributed by atoms with van der Waals surface area (Å²) < 4.78 is 4.83. The Morgan fingerprint density at radius 1 is 1.44 bits per heavy atom. The van der Waals surface area contributed by atoms with Crippen molar-refractivity contribution in [3.63, 3.8) is 0 Å². The number of carbonyl (C=O) groups is 1. The normalized spacial score (nSPS) is 10.1. The van der Waals surface area contributed by atoms with Gasteiger partial charge in [0.2, 0.25) is 5.22 Å². The summed E-state index contributed by atoms with van der Waals surface area (Å²) in [5.41, 5.74) is 1.12. The van der Waals surface area contributed by atoms with Gasteiger partial charge in [0.25, 0.3) is 5.91 Å². The molecule has 4 nitrogen and oxygen atoms in total. The van der Waals surface area contributed by atoms with Crippen LogP contribution in [0.2, 0.25) is 5.22 Å². The summed E-state index contributed by atoms with van der Waals surface area (Å²) in [6, 6.07) is 7.03. The van der Waals surface area contributed by atoms with Crippen LogP contribution in [0.3, 0.4) is 0 Å². The van der Waals surface area contributed by atoms with Crippen LogP contribution in [0.5, 0.6) is 0 Å². The molecule has 0 fully saturated rings. The first-order chi connectivity index (χ1) is 7.77. The van der Waals surface area contributed by atoms with Gasteiger partial charge in [-0.1, -0.05) is 6.07 Å². The van der Waals surface area contributed by atoms with Crippen LogP contribution in [0, 0.1) is 0 Å². The van der Waals surface area contributed by atoms with E-state index in [9.17, 15) is 4.79 Å². The van der Waals surface area contributed by atoms with Crippen molar-refractivity contribution >= 4 is 17.5 Å². The first-order valence-corrected chi connectivity index (χ1v) is 5.06. The molecule has 0 aliphatic carbocycles. The van der Waals surface area contributed by atoms with E-state index in [1.807, 2.05) is 18.2 Å². The van der Waals surface area contributed by atoms with Gasteiger partial charge in [0.05, 0.1) is 24.1 Å². The van der Waals surface area contributed by atoms with Gasteiger partial charge in [-0.15, -0.1) is 0 Å². The zero-order valence-corrected chi connectivity index (χ0v) is 9.07. The Morgan fingerprint density at radius 2 is 2.31 bits per heavy atom. The van der Waals surface area contributed by atoms with Gasteiger partial charge in [-0.3, -0.25) is 9.78 Å². The number of nitrogens with one attached hydrogen (secondary N) is 1. The lowest BCUT2D eigenvalue weighted by Gasteiger charge is -2.02. The summed E-state index contributed by atoms with van der Waals surface area (Å²) in [5, 5.41) is 2.79. The highest BCUT2D eigenvalue weighted by molar-refractivity contribution is 6.32. The molecule has 16 heavy (non-hydrogen) atoms. The molecule has 0 saturated heterocycles. The van der Waals surface area contributed by atoms with Crippen LogP contribution in [0.15, 0.2) is 41.1 Å². The Hall–Kier alpha value is -1.81. The summed E-state index contributed by atoms with van der Waals surface area (Å²) >= 11 is 5.67. The third-order valence-electron chi connectivity index (χ3n) is 2.02. The summed E-state index contributed by atoms with van der Waals surface area (Å²) in [7, 11) is 0. The van der Waals surface area contributed by atoms with Crippen LogP contribution in [0.1, 0.15) is 16.1 Å². The van der Waals surface area contributed by atoms with Crippen LogP contribution < -0.4 is 5.32 Å². The van der Waals surface area contributed by atoms with Crippen molar-refractivity contribution in [3.05, 3.63) is 53.2 Å². The molecule has 2 rings (SSSR count). The van der Waals surface area contributed by atoms with Gasteiger partial charge in [-0.25, -0.2) is 0 Å². The molecule has 0 aliphatic rings. The van der Waals surface area contributed by atoms with E-state index in [0.29, 0.717) is 12.1 Å². The lowest BCUT2D eigenvalue weighted by molar-refractivity contribution is 0.0950. The average molecular weight is 237 g/mol. The molecule has 2 heterocycles. The molecule has 0 radical (unpaired) electrons. The number of hydrogen-bond donors (Lipinski definition) is 1. The number of furan rings is 1. The summed E-state index contributed by atoms with van der Waals surface area (Å²) in [5.74, 6) is -0.274. The van der Waals surface area contributed by atoms with Crippen LogP contribution in [-0.2, 0) is 6.54 Å². The van der Waals surface area contributed by atoms with Crippen LogP contribution >= 0.6 is 11.6 Å². The van der Waals surface area contributed by atoms with Gasteiger partial charge in [0.1, 0.15) is 0 Å². The first kappa shape index (κ1) is 10.7. The molecule has 0 saturated carbocycles. The Bertz CT molecular complexity index is 482. The summed E-state index contributed by atoms with van der Waals surface area (Å²) in [4.78, 5) is 15.7. The topological polar surface area (TPSA) is 55.1 Å². The molecule has 1 amide bonds. The number of pyridine rings is 1. The molecule has 82 valence electrons. The second kappa shape index (κ2) is 4.81. The molecular weight excluding hydrogens is 228 g/mol. The van der Waals surface area contributed by atoms with Gasteiger partial charge in [-0.05, 0) is 29.8 Å². The zero-order valence-electron chi connectivity index (χ0n) is 8.31. The molecule has 0 aliphatic heterocycles. The molecule has 0 aromatic carbocycles. The van der Waals surface area contributed by atoms with E-state index in [1.165, 1.54) is 12.3 Å². The smallest absolute Gasteiger partial charge is 0.256 e. The maximum Gasteiger partial charge on any atom is 0.256 e. The predicted octanol–water partition coefficient (Wildman–Crippen LogP) is 2.26. The number of halogens is 1. The van der Waals surface area contributed by atoms with Crippen molar-refractivity contribution in [2.75, 3.05) is 0 Å². The minimum atomic E-state index is -0.274. The minimum Gasteiger partial charge on any atom is -0.452 e. The fourth-order valence-corrected chi connectivity index (χ4v) is 1.42. The lowest BCUT2D eigenvalue weighted by atomic mass is 10.3. The minimum absolute atomic E-state index is 0.0959. The Kier molecular flexibility index (Phi) is 3.22. The number of hydrogen-bond acceptors (Lipinski definition) is 3. The monoisotopic (exact) mass is 236 g/mol. The third-order valence-corrected chi connectivity index (χ3v) is 2.31. The first-order valence-electron chi connectivity index (χ1n) is 4.68. The van der Waals surface area contributed by atoms with E-state index in [2.05, 4.69) is 10.3 Å². The lowest BCUT2D eigenvalue weighted by Crippen LogP contribution is -2.22. The van der Waals surface area contributed by atoms with Gasteiger partial charge in [0.15, 0.2) is 0 Å². The average Bonchev–Trinajstić information content (AvgIpc) is 2.74. The van der Waals surface area contributed by atoms with Gasteiger partial charge in [-0.2, -0.15) is 0 Å². The van der Waals surface area contributed by atoms with Crippen molar-refractivity contribution in [2.24, 2.45) is 0 Å². The molecule has 2 aromatic heterocycles. The number of nitrogens with zero attached hydrogens (tertiary/aromatic N) is 1. The molecule has 2 aromatic rings. The van der Waals surface area contributed by atoms with E-state index >= 15 is 0 Å². The Morgan fingerprint density at radius 3 is 2.94 bits per heavy atom. The number of carbonyl (C=O) groups excluding carboxylic acids is 1. The largest absolute Gasteiger partial charge is 0.452 e.